The van der Waals surface area contributed by atoms with Gasteiger partial charge in [0.2, 0.25) is 0 Å². The molecule has 0 unspecified atom stereocenters. The number of ketones is 1. The molecule has 0 spiro atoms. The summed E-state index contributed by atoms with van der Waals surface area (Å²) in [6, 6.07) is 17.6. The number of anilines is 1. The molecule has 2 N–H and O–H groups in total. The zero-order valence-corrected chi connectivity index (χ0v) is 17.4. The van der Waals surface area contributed by atoms with Crippen LogP contribution in [0.5, 0.6) is 0 Å². The minimum atomic E-state index is -0.348. The third-order valence-corrected chi connectivity index (χ3v) is 6.24. The average Bonchev–Trinajstić information content (AvgIpc) is 2.73. The van der Waals surface area contributed by atoms with Gasteiger partial charge in [0.05, 0.1) is 0 Å². The maximum atomic E-state index is 13.3. The molecule has 4 nitrogen and oxygen atoms in total. The molecule has 0 saturated heterocycles. The fraction of sp³-hybridized carbons (Fsp3) is 0.250. The molecule has 0 saturated carbocycles. The van der Waals surface area contributed by atoms with Crippen LogP contribution in [-0.4, -0.2) is 17.9 Å². The summed E-state index contributed by atoms with van der Waals surface area (Å²) >= 11 is 1.67. The molecule has 0 aromatic heterocycles. The summed E-state index contributed by atoms with van der Waals surface area (Å²) in [6.07, 6.45) is 4.26. The molecule has 2 aromatic rings. The van der Waals surface area contributed by atoms with Crippen molar-refractivity contribution in [2.45, 2.75) is 37.0 Å². The number of hydrogen-bond donors (Lipinski definition) is 2. The van der Waals surface area contributed by atoms with E-state index in [-0.39, 0.29) is 17.6 Å². The van der Waals surface area contributed by atoms with Gasteiger partial charge in [0.1, 0.15) is 0 Å². The lowest BCUT2D eigenvalue weighted by molar-refractivity contribution is -0.116. The van der Waals surface area contributed by atoms with Crippen molar-refractivity contribution >= 4 is 29.1 Å². The molecule has 5 heteroatoms. The van der Waals surface area contributed by atoms with E-state index in [0.717, 1.165) is 46.0 Å². The van der Waals surface area contributed by atoms with Crippen LogP contribution in [0.2, 0.25) is 0 Å². The van der Waals surface area contributed by atoms with Crippen molar-refractivity contribution in [2.75, 3.05) is 11.6 Å². The van der Waals surface area contributed by atoms with E-state index in [1.165, 1.54) is 0 Å². The van der Waals surface area contributed by atoms with Gasteiger partial charge in [-0.25, -0.2) is 0 Å². The number of thioether (sulfide) groups is 1. The average molecular weight is 405 g/mol. The predicted molar refractivity (Wildman–Crippen MR) is 118 cm³/mol. The van der Waals surface area contributed by atoms with E-state index in [9.17, 15) is 9.59 Å². The SMILES string of the molecule is CSc1ccc([C@@H]2C(C(=O)Nc3ccccc3)=C(C)NC3=C2C(=O)CCC3)cc1. The van der Waals surface area contributed by atoms with E-state index < -0.39 is 0 Å². The molecule has 0 fully saturated rings. The second-order valence-corrected chi connectivity index (χ2v) is 8.24. The van der Waals surface area contributed by atoms with E-state index in [4.69, 9.17) is 0 Å². The Hall–Kier alpha value is -2.79. The highest BCUT2D eigenvalue weighted by Gasteiger charge is 2.38. The largest absolute Gasteiger partial charge is 0.362 e. The minimum absolute atomic E-state index is 0.134. The number of Topliss-reactive ketones (excluding diaryl/α,β-unsaturated/α-hetero) is 1. The highest BCUT2D eigenvalue weighted by molar-refractivity contribution is 7.98. The Morgan fingerprint density at radius 1 is 1.07 bits per heavy atom. The number of para-hydroxylation sites is 1. The summed E-state index contributed by atoms with van der Waals surface area (Å²) in [7, 11) is 0. The summed E-state index contributed by atoms with van der Waals surface area (Å²) in [5.74, 6) is -0.390. The van der Waals surface area contributed by atoms with Crippen LogP contribution in [0.15, 0.2) is 82.0 Å². The highest BCUT2D eigenvalue weighted by Crippen LogP contribution is 2.42. The number of amides is 1. The summed E-state index contributed by atoms with van der Waals surface area (Å²) in [6.45, 7) is 1.92. The van der Waals surface area contributed by atoms with Gasteiger partial charge in [-0.1, -0.05) is 30.3 Å². The second kappa shape index (κ2) is 8.29. The molecule has 2 aliphatic rings. The monoisotopic (exact) mass is 404 g/mol. The van der Waals surface area contributed by atoms with Gasteiger partial charge in [-0.15, -0.1) is 11.8 Å². The first-order valence-electron chi connectivity index (χ1n) is 9.83. The molecule has 1 amide bonds. The van der Waals surface area contributed by atoms with Crippen molar-refractivity contribution in [1.29, 1.82) is 0 Å². The molecule has 2 aromatic carbocycles. The quantitative estimate of drug-likeness (QED) is 0.703. The molecular weight excluding hydrogens is 380 g/mol. The Morgan fingerprint density at radius 3 is 2.48 bits per heavy atom. The van der Waals surface area contributed by atoms with Crippen LogP contribution in [0.3, 0.4) is 0 Å². The van der Waals surface area contributed by atoms with Gasteiger partial charge >= 0.3 is 0 Å². The van der Waals surface area contributed by atoms with Crippen LogP contribution in [0.4, 0.5) is 5.69 Å². The number of dihydropyridines is 1. The number of benzene rings is 2. The Bertz CT molecular complexity index is 1010. The van der Waals surface area contributed by atoms with Crippen LogP contribution >= 0.6 is 11.8 Å². The maximum Gasteiger partial charge on any atom is 0.254 e. The van der Waals surface area contributed by atoms with Gasteiger partial charge in [-0.2, -0.15) is 0 Å². The lowest BCUT2D eigenvalue weighted by atomic mass is 9.75. The first-order chi connectivity index (χ1) is 14.1. The van der Waals surface area contributed by atoms with Gasteiger partial charge in [-0.05, 0) is 55.9 Å². The van der Waals surface area contributed by atoms with E-state index in [0.29, 0.717) is 12.0 Å². The smallest absolute Gasteiger partial charge is 0.254 e. The van der Waals surface area contributed by atoms with Crippen LogP contribution in [-0.2, 0) is 9.59 Å². The lowest BCUT2D eigenvalue weighted by Gasteiger charge is -2.34. The van der Waals surface area contributed by atoms with Crippen molar-refractivity contribution < 1.29 is 9.59 Å². The molecule has 0 radical (unpaired) electrons. The van der Waals surface area contributed by atoms with E-state index in [1.807, 2.05) is 55.6 Å². The standard InChI is InChI=1S/C24H24N2O2S/c1-15-21(24(28)26-17-7-4-3-5-8-17)22(16-11-13-18(29-2)14-12-16)23-19(25-15)9-6-10-20(23)27/h3-5,7-8,11-14,22,25H,6,9-10H2,1-2H3,(H,26,28)/t22-/m1/s1. The highest BCUT2D eigenvalue weighted by atomic mass is 32.2. The molecule has 29 heavy (non-hydrogen) atoms. The van der Waals surface area contributed by atoms with Gasteiger partial charge in [0.15, 0.2) is 5.78 Å². The summed E-state index contributed by atoms with van der Waals surface area (Å²) in [5.41, 5.74) is 4.85. The lowest BCUT2D eigenvalue weighted by Crippen LogP contribution is -2.35. The van der Waals surface area contributed by atoms with Crippen LogP contribution in [0.25, 0.3) is 0 Å². The predicted octanol–water partition coefficient (Wildman–Crippen LogP) is 5.02. The minimum Gasteiger partial charge on any atom is -0.362 e. The summed E-state index contributed by atoms with van der Waals surface area (Å²) in [5, 5.41) is 6.36. The van der Waals surface area contributed by atoms with Crippen LogP contribution in [0.1, 0.15) is 37.7 Å². The first kappa shape index (κ1) is 19.5. The van der Waals surface area contributed by atoms with Crippen LogP contribution in [0, 0.1) is 0 Å². The number of carbonyl (C=O) groups excluding carboxylic acids is 2. The van der Waals surface area contributed by atoms with Crippen LogP contribution < -0.4 is 10.6 Å². The molecule has 1 heterocycles. The van der Waals surface area contributed by atoms with E-state index >= 15 is 0 Å². The fourth-order valence-electron chi connectivity index (χ4n) is 4.13. The molecule has 1 atom stereocenters. The zero-order chi connectivity index (χ0) is 20.4. The number of nitrogens with one attached hydrogen (secondary N) is 2. The first-order valence-corrected chi connectivity index (χ1v) is 11.1. The molecule has 4 rings (SSSR count). The number of carbonyl (C=O) groups is 2. The van der Waals surface area contributed by atoms with Gasteiger partial charge < -0.3 is 10.6 Å². The normalized spacial score (nSPS) is 19.0. The van der Waals surface area contributed by atoms with Crippen molar-refractivity contribution in [3.63, 3.8) is 0 Å². The Kier molecular flexibility index (Phi) is 5.58. The molecule has 148 valence electrons. The topological polar surface area (TPSA) is 58.2 Å². The van der Waals surface area contributed by atoms with Crippen molar-refractivity contribution in [1.82, 2.24) is 5.32 Å². The van der Waals surface area contributed by atoms with Gasteiger partial charge in [0, 0.05) is 45.5 Å². The zero-order valence-electron chi connectivity index (χ0n) is 16.6. The van der Waals surface area contributed by atoms with E-state index in [2.05, 4.69) is 22.8 Å². The van der Waals surface area contributed by atoms with Gasteiger partial charge in [-0.3, -0.25) is 9.59 Å². The molecule has 1 aliphatic carbocycles. The summed E-state index contributed by atoms with van der Waals surface area (Å²) < 4.78 is 0. The van der Waals surface area contributed by atoms with Crippen molar-refractivity contribution in [2.24, 2.45) is 0 Å². The number of allylic oxidation sites excluding steroid dienone is 3. The molecule has 0 bridgehead atoms. The van der Waals surface area contributed by atoms with Crippen molar-refractivity contribution in [3.8, 4) is 0 Å². The number of hydrogen-bond acceptors (Lipinski definition) is 4. The van der Waals surface area contributed by atoms with E-state index in [1.54, 1.807) is 11.8 Å². The Morgan fingerprint density at radius 2 is 1.79 bits per heavy atom. The number of rotatable bonds is 4. The molecule has 1 aliphatic heterocycles. The second-order valence-electron chi connectivity index (χ2n) is 7.36. The Labute approximate surface area is 175 Å². The molecular formula is C24H24N2O2S. The van der Waals surface area contributed by atoms with Gasteiger partial charge in [0.25, 0.3) is 5.91 Å². The fourth-order valence-corrected chi connectivity index (χ4v) is 4.54. The maximum absolute atomic E-state index is 13.3. The Balaban J connectivity index is 1.78. The third kappa shape index (κ3) is 3.87. The third-order valence-electron chi connectivity index (χ3n) is 5.50. The summed E-state index contributed by atoms with van der Waals surface area (Å²) in [4.78, 5) is 27.4. The van der Waals surface area contributed by atoms with Crippen molar-refractivity contribution in [3.05, 3.63) is 82.7 Å².